The molecule has 0 atom stereocenters. The Balaban J connectivity index is 2.42. The van der Waals surface area contributed by atoms with Crippen molar-refractivity contribution >= 4 is 5.69 Å². The van der Waals surface area contributed by atoms with E-state index in [9.17, 15) is 14.5 Å². The fourth-order valence-corrected chi connectivity index (χ4v) is 1.75. The van der Waals surface area contributed by atoms with E-state index in [0.717, 1.165) is 17.5 Å². The Labute approximate surface area is 103 Å². The van der Waals surface area contributed by atoms with Gasteiger partial charge in [0, 0.05) is 11.8 Å². The van der Waals surface area contributed by atoms with Crippen LogP contribution in [-0.2, 0) is 6.54 Å². The summed E-state index contributed by atoms with van der Waals surface area (Å²) in [4.78, 5) is 14.5. The fraction of sp³-hybridized carbons (Fsp3) is 0.250. The Kier molecular flexibility index (Phi) is 3.10. The molecule has 1 aromatic carbocycles. The Hall–Kier alpha value is -2.24. The smallest absolute Gasteiger partial charge is 0.274 e. The molecule has 18 heavy (non-hydrogen) atoms. The van der Waals surface area contributed by atoms with Crippen molar-refractivity contribution < 1.29 is 9.31 Å². The maximum absolute atomic E-state index is 13.2. The monoisotopic (exact) mass is 249 g/mol. The average Bonchev–Trinajstić information content (AvgIpc) is 2.61. The Bertz CT molecular complexity index is 607. The van der Waals surface area contributed by atoms with Gasteiger partial charge in [0.15, 0.2) is 0 Å². The lowest BCUT2D eigenvalue weighted by Gasteiger charge is -2.06. The molecule has 5 nitrogen and oxygen atoms in total. The van der Waals surface area contributed by atoms with Crippen LogP contribution in [0.3, 0.4) is 0 Å². The highest BCUT2D eigenvalue weighted by atomic mass is 19.1. The Morgan fingerprint density at radius 3 is 2.72 bits per heavy atom. The standard InChI is InChI=1S/C12H12FN3O2/c1-8-9(2)15(7-14-8)6-10-5-11(13)3-4-12(10)16(17)18/h3-5,7H,6H2,1-2H3. The Morgan fingerprint density at radius 1 is 1.44 bits per heavy atom. The molecule has 0 radical (unpaired) electrons. The number of nitrogens with zero attached hydrogens (tertiary/aromatic N) is 3. The third-order valence-corrected chi connectivity index (χ3v) is 2.92. The van der Waals surface area contributed by atoms with Crippen molar-refractivity contribution in [3.05, 3.63) is 57.4 Å². The summed E-state index contributed by atoms with van der Waals surface area (Å²) in [7, 11) is 0. The lowest BCUT2D eigenvalue weighted by Crippen LogP contribution is -2.04. The molecule has 0 saturated carbocycles. The summed E-state index contributed by atoms with van der Waals surface area (Å²) in [6.07, 6.45) is 1.60. The van der Waals surface area contributed by atoms with Crippen LogP contribution >= 0.6 is 0 Å². The number of hydrogen-bond donors (Lipinski definition) is 0. The second kappa shape index (κ2) is 4.56. The van der Waals surface area contributed by atoms with Crippen molar-refractivity contribution in [2.24, 2.45) is 0 Å². The first-order valence-corrected chi connectivity index (χ1v) is 5.40. The van der Waals surface area contributed by atoms with E-state index >= 15 is 0 Å². The van der Waals surface area contributed by atoms with E-state index < -0.39 is 10.7 Å². The number of aryl methyl sites for hydroxylation is 1. The molecule has 0 bridgehead atoms. The summed E-state index contributed by atoms with van der Waals surface area (Å²) in [6.45, 7) is 3.96. The molecule has 0 N–H and O–H groups in total. The van der Waals surface area contributed by atoms with Gasteiger partial charge in [-0.05, 0) is 26.0 Å². The molecule has 0 spiro atoms. The van der Waals surface area contributed by atoms with Gasteiger partial charge in [0.25, 0.3) is 5.69 Å². The molecular formula is C12H12FN3O2. The number of imidazole rings is 1. The number of hydrogen-bond acceptors (Lipinski definition) is 3. The predicted molar refractivity (Wildman–Crippen MR) is 63.9 cm³/mol. The average molecular weight is 249 g/mol. The first-order chi connectivity index (χ1) is 8.49. The van der Waals surface area contributed by atoms with E-state index in [1.54, 1.807) is 10.9 Å². The minimum Gasteiger partial charge on any atom is -0.330 e. The molecule has 2 aromatic rings. The molecule has 0 aliphatic heterocycles. The highest BCUT2D eigenvalue weighted by molar-refractivity contribution is 5.40. The highest BCUT2D eigenvalue weighted by Crippen LogP contribution is 2.21. The number of rotatable bonds is 3. The maximum Gasteiger partial charge on any atom is 0.274 e. The van der Waals surface area contributed by atoms with E-state index in [4.69, 9.17) is 0 Å². The summed E-state index contributed by atoms with van der Waals surface area (Å²) in [5.41, 5.74) is 2.02. The van der Waals surface area contributed by atoms with Gasteiger partial charge in [-0.3, -0.25) is 10.1 Å². The van der Waals surface area contributed by atoms with Crippen LogP contribution in [0.4, 0.5) is 10.1 Å². The van der Waals surface area contributed by atoms with E-state index in [-0.39, 0.29) is 12.2 Å². The number of halogens is 1. The molecule has 0 aliphatic rings. The minimum atomic E-state index is -0.506. The van der Waals surface area contributed by atoms with Gasteiger partial charge in [-0.2, -0.15) is 0 Å². The predicted octanol–water partition coefficient (Wildman–Crippen LogP) is 2.60. The van der Waals surface area contributed by atoms with Crippen molar-refractivity contribution in [2.45, 2.75) is 20.4 Å². The molecule has 0 saturated heterocycles. The molecule has 1 heterocycles. The number of aromatic nitrogens is 2. The molecule has 6 heteroatoms. The van der Waals surface area contributed by atoms with Crippen molar-refractivity contribution in [1.29, 1.82) is 0 Å². The summed E-state index contributed by atoms with van der Waals surface area (Å²) in [6, 6.07) is 3.46. The van der Waals surface area contributed by atoms with Crippen LogP contribution in [0.5, 0.6) is 0 Å². The van der Waals surface area contributed by atoms with E-state index in [0.29, 0.717) is 5.56 Å². The zero-order valence-electron chi connectivity index (χ0n) is 10.1. The van der Waals surface area contributed by atoms with Gasteiger partial charge in [-0.15, -0.1) is 0 Å². The molecule has 94 valence electrons. The van der Waals surface area contributed by atoms with Crippen LogP contribution in [0.1, 0.15) is 17.0 Å². The van der Waals surface area contributed by atoms with Gasteiger partial charge in [-0.25, -0.2) is 9.37 Å². The van der Waals surface area contributed by atoms with Crippen LogP contribution < -0.4 is 0 Å². The van der Waals surface area contributed by atoms with Gasteiger partial charge in [0.1, 0.15) is 5.82 Å². The first-order valence-electron chi connectivity index (χ1n) is 5.40. The normalized spacial score (nSPS) is 10.6. The first kappa shape index (κ1) is 12.2. The molecule has 0 fully saturated rings. The van der Waals surface area contributed by atoms with Crippen molar-refractivity contribution in [3.8, 4) is 0 Å². The van der Waals surface area contributed by atoms with Crippen molar-refractivity contribution in [2.75, 3.05) is 0 Å². The van der Waals surface area contributed by atoms with Gasteiger partial charge in [-0.1, -0.05) is 0 Å². The number of benzene rings is 1. The summed E-state index contributed by atoms with van der Waals surface area (Å²) >= 11 is 0. The third kappa shape index (κ3) is 2.22. The SMILES string of the molecule is Cc1ncn(Cc2cc(F)ccc2[N+](=O)[O-])c1C. The van der Waals surface area contributed by atoms with Crippen LogP contribution in [0, 0.1) is 29.8 Å². The third-order valence-electron chi connectivity index (χ3n) is 2.92. The van der Waals surface area contributed by atoms with Gasteiger partial charge >= 0.3 is 0 Å². The zero-order chi connectivity index (χ0) is 13.3. The van der Waals surface area contributed by atoms with E-state index in [1.807, 2.05) is 13.8 Å². The highest BCUT2D eigenvalue weighted by Gasteiger charge is 2.15. The molecule has 0 amide bonds. The van der Waals surface area contributed by atoms with Crippen LogP contribution in [0.25, 0.3) is 0 Å². The molecule has 2 rings (SSSR count). The van der Waals surface area contributed by atoms with Crippen LogP contribution in [0.15, 0.2) is 24.5 Å². The topological polar surface area (TPSA) is 61.0 Å². The summed E-state index contributed by atoms with van der Waals surface area (Å²) < 4.78 is 14.9. The lowest BCUT2D eigenvalue weighted by molar-refractivity contribution is -0.385. The fourth-order valence-electron chi connectivity index (χ4n) is 1.75. The van der Waals surface area contributed by atoms with Crippen LogP contribution in [0.2, 0.25) is 0 Å². The number of nitro groups is 1. The maximum atomic E-state index is 13.2. The largest absolute Gasteiger partial charge is 0.330 e. The second-order valence-corrected chi connectivity index (χ2v) is 4.07. The second-order valence-electron chi connectivity index (χ2n) is 4.07. The lowest BCUT2D eigenvalue weighted by atomic mass is 10.1. The van der Waals surface area contributed by atoms with Gasteiger partial charge < -0.3 is 4.57 Å². The molecule has 0 aliphatic carbocycles. The van der Waals surface area contributed by atoms with Gasteiger partial charge in [0.2, 0.25) is 0 Å². The minimum absolute atomic E-state index is 0.0813. The van der Waals surface area contributed by atoms with Gasteiger partial charge in [0.05, 0.1) is 29.1 Å². The molecule has 1 aromatic heterocycles. The molecule has 0 unspecified atom stereocenters. The quantitative estimate of drug-likeness (QED) is 0.620. The summed E-state index contributed by atoms with van der Waals surface area (Å²) in [5, 5.41) is 10.9. The zero-order valence-corrected chi connectivity index (χ0v) is 10.1. The summed E-state index contributed by atoms with van der Waals surface area (Å²) in [5.74, 6) is -0.481. The Morgan fingerprint density at radius 2 is 2.17 bits per heavy atom. The van der Waals surface area contributed by atoms with Crippen molar-refractivity contribution in [3.63, 3.8) is 0 Å². The molecular weight excluding hydrogens is 237 g/mol. The van der Waals surface area contributed by atoms with Crippen molar-refractivity contribution in [1.82, 2.24) is 9.55 Å². The number of nitro benzene ring substituents is 1. The van der Waals surface area contributed by atoms with Crippen LogP contribution in [-0.4, -0.2) is 14.5 Å². The van der Waals surface area contributed by atoms with E-state index in [1.165, 1.54) is 12.1 Å². The van der Waals surface area contributed by atoms with E-state index in [2.05, 4.69) is 4.98 Å².